The van der Waals surface area contributed by atoms with Gasteiger partial charge in [-0.25, -0.2) is 14.4 Å². The van der Waals surface area contributed by atoms with Crippen molar-refractivity contribution in [2.24, 2.45) is 0 Å². The van der Waals surface area contributed by atoms with E-state index >= 15 is 0 Å². The SMILES string of the molecule is N#Cc1c(C(=O)OCc2ccccc2)c(I)c(C(=O)OCc2ccccc2)c(I)c1C(=O)OCc1ccccc1. The highest BCUT2D eigenvalue weighted by Crippen LogP contribution is 2.33. The van der Waals surface area contributed by atoms with Crippen LogP contribution in [0.1, 0.15) is 53.3 Å². The van der Waals surface area contributed by atoms with E-state index in [1.165, 1.54) is 0 Å². The van der Waals surface area contributed by atoms with Gasteiger partial charge in [-0.05, 0) is 61.9 Å². The van der Waals surface area contributed by atoms with E-state index < -0.39 is 17.9 Å². The molecule has 0 heterocycles. The Hall–Kier alpha value is -3.76. The zero-order valence-corrected chi connectivity index (χ0v) is 25.2. The molecular weight excluding hydrogens is 736 g/mol. The number of nitriles is 1. The third-order valence-electron chi connectivity index (χ3n) is 5.74. The minimum Gasteiger partial charge on any atom is -0.457 e. The second kappa shape index (κ2) is 14.0. The van der Waals surface area contributed by atoms with Crippen LogP contribution in [0.2, 0.25) is 0 Å². The first-order chi connectivity index (χ1) is 19.4. The number of rotatable bonds is 9. The van der Waals surface area contributed by atoms with Crippen molar-refractivity contribution in [2.45, 2.75) is 19.8 Å². The molecule has 0 aliphatic carbocycles. The van der Waals surface area contributed by atoms with Crippen molar-refractivity contribution in [1.29, 1.82) is 5.26 Å². The average Bonchev–Trinajstić information content (AvgIpc) is 2.99. The minimum atomic E-state index is -0.851. The van der Waals surface area contributed by atoms with Gasteiger partial charge < -0.3 is 14.2 Å². The molecule has 4 rings (SSSR count). The molecule has 0 radical (unpaired) electrons. The van der Waals surface area contributed by atoms with Crippen molar-refractivity contribution in [3.8, 4) is 6.07 Å². The quantitative estimate of drug-likeness (QED) is 0.105. The number of benzene rings is 4. The van der Waals surface area contributed by atoms with Crippen molar-refractivity contribution in [2.75, 3.05) is 0 Å². The van der Waals surface area contributed by atoms with E-state index in [1.807, 2.05) is 81.6 Å². The standard InChI is InChI=1S/C31H21I2NO6/c32-27-24(29(35)38-17-20-10-4-1-5-11-20)23(16-34)25(30(36)39-18-21-12-6-2-7-13-21)28(33)26(27)31(37)40-19-22-14-8-3-9-15-22/h1-15H,17-19H2. The molecule has 9 heteroatoms. The third-order valence-corrected chi connectivity index (χ3v) is 7.90. The first-order valence-corrected chi connectivity index (χ1v) is 14.1. The smallest absolute Gasteiger partial charge is 0.340 e. The van der Waals surface area contributed by atoms with Crippen LogP contribution in [0, 0.1) is 18.5 Å². The molecule has 0 N–H and O–H groups in total. The Morgan fingerprint density at radius 3 is 1.15 bits per heavy atom. The molecule has 0 aliphatic rings. The maximum Gasteiger partial charge on any atom is 0.340 e. The highest BCUT2D eigenvalue weighted by molar-refractivity contribution is 14.1. The summed E-state index contributed by atoms with van der Waals surface area (Å²) in [6, 6.07) is 29.1. The van der Waals surface area contributed by atoms with E-state index in [4.69, 9.17) is 14.2 Å². The van der Waals surface area contributed by atoms with Crippen LogP contribution in [-0.4, -0.2) is 17.9 Å². The van der Waals surface area contributed by atoms with Gasteiger partial charge >= 0.3 is 17.9 Å². The Labute approximate surface area is 258 Å². The monoisotopic (exact) mass is 757 g/mol. The Balaban J connectivity index is 1.73. The number of esters is 3. The maximum absolute atomic E-state index is 13.4. The summed E-state index contributed by atoms with van der Waals surface area (Å²) < 4.78 is 16.8. The first kappa shape index (κ1) is 29.2. The maximum atomic E-state index is 13.4. The Kier molecular flexibility index (Phi) is 10.3. The van der Waals surface area contributed by atoms with Gasteiger partial charge in [-0.3, -0.25) is 0 Å². The normalized spacial score (nSPS) is 10.3. The van der Waals surface area contributed by atoms with Crippen molar-refractivity contribution < 1.29 is 28.6 Å². The fraction of sp³-hybridized carbons (Fsp3) is 0.0968. The van der Waals surface area contributed by atoms with Gasteiger partial charge in [0.25, 0.3) is 0 Å². The second-order valence-corrected chi connectivity index (χ2v) is 10.6. The van der Waals surface area contributed by atoms with Crippen LogP contribution in [-0.2, 0) is 34.0 Å². The topological polar surface area (TPSA) is 103 Å². The molecule has 0 atom stereocenters. The molecule has 4 aromatic rings. The summed E-state index contributed by atoms with van der Waals surface area (Å²) in [5, 5.41) is 10.1. The van der Waals surface area contributed by atoms with Crippen molar-refractivity contribution >= 4 is 63.1 Å². The minimum absolute atomic E-state index is 0.0190. The lowest BCUT2D eigenvalue weighted by molar-refractivity contribution is 0.0463. The summed E-state index contributed by atoms with van der Waals surface area (Å²) in [4.78, 5) is 40.1. The van der Waals surface area contributed by atoms with Crippen molar-refractivity contribution in [1.82, 2.24) is 0 Å². The summed E-state index contributed by atoms with van der Waals surface area (Å²) in [5.74, 6) is -2.46. The van der Waals surface area contributed by atoms with Crippen molar-refractivity contribution in [3.05, 3.63) is 137 Å². The second-order valence-electron chi connectivity index (χ2n) is 8.42. The lowest BCUT2D eigenvalue weighted by Gasteiger charge is -2.17. The molecule has 0 aliphatic heterocycles. The van der Waals surface area contributed by atoms with Crippen LogP contribution in [0.25, 0.3) is 0 Å². The van der Waals surface area contributed by atoms with E-state index in [2.05, 4.69) is 0 Å². The highest BCUT2D eigenvalue weighted by atomic mass is 127. The van der Waals surface area contributed by atoms with Gasteiger partial charge in [0.2, 0.25) is 0 Å². The first-order valence-electron chi connectivity index (χ1n) is 12.0. The molecule has 200 valence electrons. The molecule has 0 bridgehead atoms. The molecule has 4 aromatic carbocycles. The predicted molar refractivity (Wildman–Crippen MR) is 163 cm³/mol. The number of hydrogen-bond acceptors (Lipinski definition) is 7. The van der Waals surface area contributed by atoms with Crippen LogP contribution in [0.5, 0.6) is 0 Å². The van der Waals surface area contributed by atoms with Gasteiger partial charge in [0.15, 0.2) is 0 Å². The van der Waals surface area contributed by atoms with E-state index in [0.717, 1.165) is 16.7 Å². The zero-order chi connectivity index (χ0) is 28.5. The lowest BCUT2D eigenvalue weighted by atomic mass is 9.98. The molecule has 0 unspecified atom stereocenters. The summed E-state index contributed by atoms with van der Waals surface area (Å²) >= 11 is 3.63. The van der Waals surface area contributed by atoms with Crippen LogP contribution in [0.3, 0.4) is 0 Å². The summed E-state index contributed by atoms with van der Waals surface area (Å²) in [7, 11) is 0. The molecule has 0 saturated carbocycles. The average molecular weight is 757 g/mol. The van der Waals surface area contributed by atoms with Gasteiger partial charge in [0.05, 0.1) is 22.3 Å². The van der Waals surface area contributed by atoms with Gasteiger partial charge in [-0.15, -0.1) is 0 Å². The third kappa shape index (κ3) is 7.05. The van der Waals surface area contributed by atoms with Gasteiger partial charge in [0.1, 0.15) is 25.9 Å². The predicted octanol–water partition coefficient (Wildman–Crippen LogP) is 6.84. The largest absolute Gasteiger partial charge is 0.457 e. The van der Waals surface area contributed by atoms with E-state index in [1.54, 1.807) is 60.7 Å². The van der Waals surface area contributed by atoms with E-state index in [9.17, 15) is 19.6 Å². The van der Waals surface area contributed by atoms with Gasteiger partial charge in [-0.2, -0.15) is 5.26 Å². The molecule has 0 spiro atoms. The number of ether oxygens (including phenoxy) is 3. The van der Waals surface area contributed by atoms with E-state index in [0.29, 0.717) is 0 Å². The Bertz CT molecular complexity index is 1490. The molecule has 0 fully saturated rings. The number of nitrogens with zero attached hydrogens (tertiary/aromatic N) is 1. The molecule has 7 nitrogen and oxygen atoms in total. The summed E-state index contributed by atoms with van der Waals surface area (Å²) in [6.07, 6.45) is 0. The van der Waals surface area contributed by atoms with Gasteiger partial charge in [-0.1, -0.05) is 91.0 Å². The molecule has 0 aromatic heterocycles. The molecule has 40 heavy (non-hydrogen) atoms. The van der Waals surface area contributed by atoms with Crippen molar-refractivity contribution in [3.63, 3.8) is 0 Å². The number of hydrogen-bond donors (Lipinski definition) is 0. The van der Waals surface area contributed by atoms with Crippen LogP contribution in [0.15, 0.2) is 91.0 Å². The number of carbonyl (C=O) groups is 3. The zero-order valence-electron chi connectivity index (χ0n) is 20.9. The Morgan fingerprint density at radius 2 is 0.850 bits per heavy atom. The number of halogens is 2. The lowest BCUT2D eigenvalue weighted by Crippen LogP contribution is -2.22. The van der Waals surface area contributed by atoms with Crippen LogP contribution >= 0.6 is 45.2 Å². The van der Waals surface area contributed by atoms with E-state index in [-0.39, 0.29) is 49.2 Å². The molecule has 0 amide bonds. The van der Waals surface area contributed by atoms with Crippen LogP contribution < -0.4 is 0 Å². The molecule has 0 saturated heterocycles. The molecular formula is C31H21I2NO6. The van der Waals surface area contributed by atoms with Crippen LogP contribution in [0.4, 0.5) is 0 Å². The Morgan fingerprint density at radius 1 is 0.550 bits per heavy atom. The highest BCUT2D eigenvalue weighted by Gasteiger charge is 2.33. The fourth-order valence-electron chi connectivity index (χ4n) is 3.75. The number of carbonyl (C=O) groups excluding carboxylic acids is 3. The fourth-order valence-corrected chi connectivity index (χ4v) is 6.23. The van der Waals surface area contributed by atoms with Gasteiger partial charge in [0, 0.05) is 7.14 Å². The summed E-state index contributed by atoms with van der Waals surface area (Å²) in [6.45, 7) is -0.143. The summed E-state index contributed by atoms with van der Waals surface area (Å²) in [5.41, 5.74) is 1.59.